The summed E-state index contributed by atoms with van der Waals surface area (Å²) in [6.45, 7) is 2.46. The molecule has 2 aromatic carbocycles. The minimum atomic E-state index is -0.284. The highest BCUT2D eigenvalue weighted by Gasteiger charge is 2.21. The van der Waals surface area contributed by atoms with Gasteiger partial charge in [-0.05, 0) is 42.3 Å². The van der Waals surface area contributed by atoms with Gasteiger partial charge in [-0.15, -0.1) is 0 Å². The minimum absolute atomic E-state index is 0.121. The largest absolute Gasteiger partial charge is 0.449 e. The van der Waals surface area contributed by atoms with Gasteiger partial charge >= 0.3 is 0 Å². The Labute approximate surface area is 164 Å². The molecule has 0 bridgehead atoms. The highest BCUT2D eigenvalue weighted by atomic mass is 16.5. The van der Waals surface area contributed by atoms with Crippen LogP contribution in [0.5, 0.6) is 5.75 Å². The number of anilines is 1. The van der Waals surface area contributed by atoms with Gasteiger partial charge in [0.1, 0.15) is 5.70 Å². The number of hydrogen-bond donors (Lipinski definition) is 2. The number of nitrogens with one attached hydrogen (secondary N) is 2. The average Bonchev–Trinajstić information content (AvgIpc) is 2.67. The normalized spacial score (nSPS) is 14.8. The third-order valence-corrected chi connectivity index (χ3v) is 4.17. The zero-order chi connectivity index (χ0) is 20.1. The zero-order valence-corrected chi connectivity index (χ0v) is 16.2. The van der Waals surface area contributed by atoms with Crippen molar-refractivity contribution in [2.75, 3.05) is 26.0 Å². The van der Waals surface area contributed by atoms with E-state index >= 15 is 0 Å². The number of likely N-dealkylation sites (N-methyl/N-ethyl adjacent to an activating group) is 2. The molecule has 0 spiro atoms. The molecule has 144 valence electrons. The van der Waals surface area contributed by atoms with Crippen molar-refractivity contribution in [2.24, 2.45) is 0 Å². The van der Waals surface area contributed by atoms with Gasteiger partial charge in [0.05, 0.1) is 5.69 Å². The molecule has 0 saturated heterocycles. The number of para-hydroxylation sites is 2. The predicted octanol–water partition coefficient (Wildman–Crippen LogP) is 3.10. The van der Waals surface area contributed by atoms with Gasteiger partial charge in [0.25, 0.3) is 11.8 Å². The highest BCUT2D eigenvalue weighted by molar-refractivity contribution is 6.08. The van der Waals surface area contributed by atoms with E-state index < -0.39 is 0 Å². The van der Waals surface area contributed by atoms with Crippen LogP contribution in [-0.2, 0) is 9.59 Å². The maximum Gasteiger partial charge on any atom is 0.291 e. The van der Waals surface area contributed by atoms with Crippen LogP contribution in [0.3, 0.4) is 0 Å². The lowest BCUT2D eigenvalue weighted by Crippen LogP contribution is -2.30. The van der Waals surface area contributed by atoms with Crippen LogP contribution in [0.25, 0.3) is 12.2 Å². The summed E-state index contributed by atoms with van der Waals surface area (Å²) in [6.07, 6.45) is 3.51. The first-order chi connectivity index (χ1) is 13.5. The number of benzene rings is 2. The fourth-order valence-electron chi connectivity index (χ4n) is 2.75. The van der Waals surface area contributed by atoms with Gasteiger partial charge in [0.2, 0.25) is 0 Å². The summed E-state index contributed by atoms with van der Waals surface area (Å²) in [4.78, 5) is 26.2. The van der Waals surface area contributed by atoms with Crippen LogP contribution >= 0.6 is 0 Å². The van der Waals surface area contributed by atoms with Crippen molar-refractivity contribution in [1.29, 1.82) is 0 Å². The number of fused-ring (bicyclic) bond motifs is 1. The molecule has 0 saturated carbocycles. The fraction of sp³-hybridized carbons (Fsp3) is 0.182. The Hall–Kier alpha value is -3.54. The average molecular weight is 377 g/mol. The van der Waals surface area contributed by atoms with E-state index in [1.165, 1.54) is 0 Å². The predicted molar refractivity (Wildman–Crippen MR) is 110 cm³/mol. The summed E-state index contributed by atoms with van der Waals surface area (Å²) in [5.41, 5.74) is 2.94. The monoisotopic (exact) mass is 377 g/mol. The Morgan fingerprint density at radius 3 is 2.46 bits per heavy atom. The molecule has 0 aliphatic carbocycles. The van der Waals surface area contributed by atoms with E-state index in [9.17, 15) is 9.59 Å². The van der Waals surface area contributed by atoms with E-state index in [-0.39, 0.29) is 17.6 Å². The van der Waals surface area contributed by atoms with E-state index in [0.717, 1.165) is 11.1 Å². The van der Waals surface area contributed by atoms with Gasteiger partial charge in [0, 0.05) is 20.6 Å². The van der Waals surface area contributed by atoms with Crippen molar-refractivity contribution in [3.63, 3.8) is 0 Å². The molecule has 0 fully saturated rings. The number of hydrogen-bond acceptors (Lipinski definition) is 4. The number of amides is 2. The molecule has 6 heteroatoms. The van der Waals surface area contributed by atoms with Crippen molar-refractivity contribution in [3.8, 4) is 5.75 Å². The number of carbonyl (C=O) groups is 2. The van der Waals surface area contributed by atoms with Crippen molar-refractivity contribution in [1.82, 2.24) is 10.2 Å². The Bertz CT molecular complexity index is 944. The zero-order valence-electron chi connectivity index (χ0n) is 16.2. The molecule has 0 radical (unpaired) electrons. The molecule has 6 nitrogen and oxygen atoms in total. The molecule has 1 aliphatic rings. The Balaban J connectivity index is 1.81. The smallest absolute Gasteiger partial charge is 0.291 e. The van der Waals surface area contributed by atoms with E-state index in [2.05, 4.69) is 10.6 Å². The summed E-state index contributed by atoms with van der Waals surface area (Å²) < 4.78 is 5.71. The molecule has 2 amide bonds. The van der Waals surface area contributed by atoms with Crippen LogP contribution < -0.4 is 15.4 Å². The maximum atomic E-state index is 12.2. The highest BCUT2D eigenvalue weighted by Crippen LogP contribution is 2.30. The lowest BCUT2D eigenvalue weighted by atomic mass is 10.1. The molecule has 28 heavy (non-hydrogen) atoms. The lowest BCUT2D eigenvalue weighted by molar-refractivity contribution is -0.118. The van der Waals surface area contributed by atoms with Gasteiger partial charge in [-0.1, -0.05) is 36.4 Å². The van der Waals surface area contributed by atoms with Crippen LogP contribution in [0.2, 0.25) is 0 Å². The Kier molecular flexibility index (Phi) is 5.79. The summed E-state index contributed by atoms with van der Waals surface area (Å²) in [5, 5.41) is 5.62. The summed E-state index contributed by atoms with van der Waals surface area (Å²) >= 11 is 0. The number of carbonyl (C=O) groups excluding carboxylic acids is 2. The maximum absolute atomic E-state index is 12.2. The Morgan fingerprint density at radius 2 is 1.79 bits per heavy atom. The van der Waals surface area contributed by atoms with Gasteiger partial charge in [0.15, 0.2) is 11.5 Å². The van der Waals surface area contributed by atoms with Crippen molar-refractivity contribution in [2.45, 2.75) is 6.92 Å². The molecule has 1 heterocycles. The van der Waals surface area contributed by atoms with Crippen LogP contribution in [0.4, 0.5) is 5.69 Å². The van der Waals surface area contributed by atoms with Gasteiger partial charge in [-0.2, -0.15) is 0 Å². The summed E-state index contributed by atoms with van der Waals surface area (Å²) in [6, 6.07) is 14.8. The van der Waals surface area contributed by atoms with E-state index in [1.54, 1.807) is 23.1 Å². The van der Waals surface area contributed by atoms with Crippen molar-refractivity contribution in [3.05, 3.63) is 71.1 Å². The first-order valence-electron chi connectivity index (χ1n) is 9.05. The molecular weight excluding hydrogens is 354 g/mol. The second kappa shape index (κ2) is 8.43. The second-order valence-electron chi connectivity index (χ2n) is 6.51. The third-order valence-electron chi connectivity index (χ3n) is 4.17. The molecule has 2 N–H and O–H groups in total. The standard InChI is InChI=1S/C22H23N3O3/c1-4-23-21(26)18(25(2)3)13-15-9-11-16(12-10-15)14-20-22(27)24-17-7-5-6-8-19(17)28-20/h5-14H,4H2,1-3H3,(H,23,26)(H,24,27)/b18-13+,20-14-. The number of ether oxygens (including phenoxy) is 1. The molecule has 0 aromatic heterocycles. The van der Waals surface area contributed by atoms with Crippen LogP contribution in [0.1, 0.15) is 18.1 Å². The van der Waals surface area contributed by atoms with Gasteiger partial charge < -0.3 is 20.3 Å². The van der Waals surface area contributed by atoms with Crippen molar-refractivity contribution >= 4 is 29.7 Å². The van der Waals surface area contributed by atoms with E-state index in [0.29, 0.717) is 23.7 Å². The first-order valence-corrected chi connectivity index (χ1v) is 9.05. The molecule has 1 aliphatic heterocycles. The molecule has 3 rings (SSSR count). The first kappa shape index (κ1) is 19.2. The van der Waals surface area contributed by atoms with Gasteiger partial charge in [-0.3, -0.25) is 9.59 Å². The number of rotatable bonds is 5. The Morgan fingerprint density at radius 1 is 1.11 bits per heavy atom. The molecule has 0 atom stereocenters. The van der Waals surface area contributed by atoms with E-state index in [4.69, 9.17) is 4.74 Å². The van der Waals surface area contributed by atoms with E-state index in [1.807, 2.05) is 63.5 Å². The number of nitrogens with zero attached hydrogens (tertiary/aromatic N) is 1. The van der Waals surface area contributed by atoms with Crippen LogP contribution in [0, 0.1) is 0 Å². The third kappa shape index (κ3) is 4.40. The lowest BCUT2D eigenvalue weighted by Gasteiger charge is -2.19. The summed E-state index contributed by atoms with van der Waals surface area (Å²) in [5.74, 6) is 0.446. The van der Waals surface area contributed by atoms with Crippen molar-refractivity contribution < 1.29 is 14.3 Å². The fourth-order valence-corrected chi connectivity index (χ4v) is 2.75. The van der Waals surface area contributed by atoms with Crippen LogP contribution in [-0.4, -0.2) is 37.4 Å². The quantitative estimate of drug-likeness (QED) is 0.786. The minimum Gasteiger partial charge on any atom is -0.449 e. The SMILES string of the molecule is CCNC(=O)/C(=C\c1ccc(/C=C2\Oc3ccccc3NC2=O)cc1)N(C)C. The van der Waals surface area contributed by atoms with Crippen LogP contribution in [0.15, 0.2) is 60.0 Å². The summed E-state index contributed by atoms with van der Waals surface area (Å²) in [7, 11) is 3.66. The molecule has 0 unspecified atom stereocenters. The van der Waals surface area contributed by atoms with Gasteiger partial charge in [-0.25, -0.2) is 0 Å². The topological polar surface area (TPSA) is 70.7 Å². The molecular formula is C22H23N3O3. The molecule has 2 aromatic rings. The second-order valence-corrected chi connectivity index (χ2v) is 6.51.